The van der Waals surface area contributed by atoms with Crippen molar-refractivity contribution >= 4 is 17.6 Å². The summed E-state index contributed by atoms with van der Waals surface area (Å²) < 4.78 is 29.7. The van der Waals surface area contributed by atoms with E-state index in [1.807, 2.05) is 6.07 Å². The van der Waals surface area contributed by atoms with E-state index in [1.54, 1.807) is 0 Å². The van der Waals surface area contributed by atoms with Crippen molar-refractivity contribution in [1.82, 2.24) is 0 Å². The third-order valence-corrected chi connectivity index (χ3v) is 11.2. The molecule has 0 aliphatic heterocycles. The second kappa shape index (κ2) is 11.3. The van der Waals surface area contributed by atoms with Crippen LogP contribution >= 0.6 is 7.49 Å². The number of hydrogen-bond acceptors (Lipinski definition) is 3. The van der Waals surface area contributed by atoms with Gasteiger partial charge < -0.3 is 0 Å². The van der Waals surface area contributed by atoms with E-state index in [2.05, 4.69) is 45.0 Å². The van der Waals surface area contributed by atoms with Crippen LogP contribution in [0.3, 0.4) is 0 Å². The molecule has 0 spiro atoms. The van der Waals surface area contributed by atoms with Gasteiger partial charge in [0.2, 0.25) is 0 Å². The standard InChI is InChI=1S/C20H37O3PS/c1-5-7-15-24(16-8-6-2,23-25(4,21)22)17-14-19(3)18-20-12-10-9-11-13-20/h9-13,19,24H,5-8,14-18H2,1-4H3. The zero-order valence-electron chi connectivity index (χ0n) is 16.5. The van der Waals surface area contributed by atoms with Crippen LogP contribution in [0.4, 0.5) is 0 Å². The summed E-state index contributed by atoms with van der Waals surface area (Å²) in [5, 5.41) is 0. The van der Waals surface area contributed by atoms with Gasteiger partial charge >= 0.3 is 156 Å². The predicted octanol–water partition coefficient (Wildman–Crippen LogP) is 5.50. The average Bonchev–Trinajstić information content (AvgIpc) is 2.56. The van der Waals surface area contributed by atoms with Crippen molar-refractivity contribution in [2.24, 2.45) is 5.92 Å². The predicted molar refractivity (Wildman–Crippen MR) is 113 cm³/mol. The molecule has 0 aliphatic carbocycles. The van der Waals surface area contributed by atoms with Crippen LogP contribution in [0.1, 0.15) is 58.4 Å². The quantitative estimate of drug-likeness (QED) is 0.419. The monoisotopic (exact) mass is 388 g/mol. The molecule has 0 amide bonds. The molecule has 5 heteroatoms. The van der Waals surface area contributed by atoms with Crippen molar-refractivity contribution < 1.29 is 12.4 Å². The first-order chi connectivity index (χ1) is 11.8. The molecule has 0 bridgehead atoms. The van der Waals surface area contributed by atoms with Gasteiger partial charge in [0, 0.05) is 0 Å². The summed E-state index contributed by atoms with van der Waals surface area (Å²) in [5.41, 5.74) is 1.36. The van der Waals surface area contributed by atoms with Gasteiger partial charge in [-0.2, -0.15) is 0 Å². The molecule has 3 nitrogen and oxygen atoms in total. The molecule has 0 radical (unpaired) electrons. The van der Waals surface area contributed by atoms with Crippen molar-refractivity contribution in [1.29, 1.82) is 0 Å². The molecule has 0 aromatic heterocycles. The van der Waals surface area contributed by atoms with E-state index in [1.165, 1.54) is 11.8 Å². The Bertz CT molecular complexity index is 564. The van der Waals surface area contributed by atoms with E-state index in [-0.39, 0.29) is 0 Å². The van der Waals surface area contributed by atoms with Gasteiger partial charge in [-0.3, -0.25) is 0 Å². The molecule has 25 heavy (non-hydrogen) atoms. The first-order valence-corrected chi connectivity index (χ1v) is 14.1. The molecule has 1 aromatic carbocycles. The maximum atomic E-state index is 11.9. The van der Waals surface area contributed by atoms with Crippen LogP contribution in [-0.2, 0) is 20.5 Å². The summed E-state index contributed by atoms with van der Waals surface area (Å²) in [5.74, 6) is 0.542. The van der Waals surface area contributed by atoms with E-state index in [0.717, 1.165) is 57.0 Å². The van der Waals surface area contributed by atoms with E-state index < -0.39 is 17.6 Å². The normalized spacial score (nSPS) is 14.4. The molecule has 0 heterocycles. The van der Waals surface area contributed by atoms with Crippen LogP contribution in [0, 0.1) is 5.92 Å². The van der Waals surface area contributed by atoms with Gasteiger partial charge in [-0.15, -0.1) is 0 Å². The molecule has 0 saturated carbocycles. The van der Waals surface area contributed by atoms with E-state index >= 15 is 0 Å². The van der Waals surface area contributed by atoms with E-state index in [4.69, 9.17) is 3.97 Å². The number of unbranched alkanes of at least 4 members (excludes halogenated alkanes) is 2. The topological polar surface area (TPSA) is 43.4 Å². The molecular formula is C20H37O3PS. The molecule has 0 saturated heterocycles. The van der Waals surface area contributed by atoms with Crippen molar-refractivity contribution in [3.63, 3.8) is 0 Å². The average molecular weight is 389 g/mol. The van der Waals surface area contributed by atoms with Crippen LogP contribution in [0.25, 0.3) is 0 Å². The van der Waals surface area contributed by atoms with Gasteiger partial charge in [0.25, 0.3) is 0 Å². The van der Waals surface area contributed by atoms with Crippen molar-refractivity contribution in [2.75, 3.05) is 24.7 Å². The molecule has 0 fully saturated rings. The van der Waals surface area contributed by atoms with Gasteiger partial charge in [-0.05, 0) is 0 Å². The van der Waals surface area contributed by atoms with Crippen molar-refractivity contribution in [3.8, 4) is 0 Å². The summed E-state index contributed by atoms with van der Waals surface area (Å²) in [6.07, 6.45) is 10.5. The fourth-order valence-electron chi connectivity index (χ4n) is 3.45. The Morgan fingerprint density at radius 1 is 1.00 bits per heavy atom. The third kappa shape index (κ3) is 9.72. The fraction of sp³-hybridized carbons (Fsp3) is 0.700. The minimum absolute atomic E-state index is 0.542. The number of rotatable bonds is 13. The summed E-state index contributed by atoms with van der Waals surface area (Å²) in [6.45, 7) is 6.60. The molecule has 146 valence electrons. The first-order valence-electron chi connectivity index (χ1n) is 9.75. The Kier molecular flexibility index (Phi) is 10.2. The second-order valence-corrected chi connectivity index (χ2v) is 13.5. The summed E-state index contributed by atoms with van der Waals surface area (Å²) in [6, 6.07) is 10.5. The molecule has 1 atom stereocenters. The zero-order chi connectivity index (χ0) is 18.8. The molecule has 1 unspecified atom stereocenters. The number of hydrogen-bond donors (Lipinski definition) is 0. The molecule has 0 N–H and O–H groups in total. The molecular weight excluding hydrogens is 351 g/mol. The minimum atomic E-state index is -3.39. The van der Waals surface area contributed by atoms with Crippen LogP contribution < -0.4 is 0 Å². The van der Waals surface area contributed by atoms with Crippen molar-refractivity contribution in [3.05, 3.63) is 35.9 Å². The van der Waals surface area contributed by atoms with Crippen LogP contribution in [-0.4, -0.2) is 33.2 Å². The zero-order valence-corrected chi connectivity index (χ0v) is 18.3. The van der Waals surface area contributed by atoms with Gasteiger partial charge in [0.15, 0.2) is 0 Å². The molecule has 1 rings (SSSR count). The van der Waals surface area contributed by atoms with Crippen LogP contribution in [0.2, 0.25) is 0 Å². The van der Waals surface area contributed by atoms with Crippen LogP contribution in [0.15, 0.2) is 30.3 Å². The summed E-state index contributed by atoms with van der Waals surface area (Å²) >= 11 is 0. The van der Waals surface area contributed by atoms with Gasteiger partial charge in [-0.25, -0.2) is 0 Å². The Hall–Kier alpha value is -0.440. The van der Waals surface area contributed by atoms with Gasteiger partial charge in [0.1, 0.15) is 0 Å². The van der Waals surface area contributed by atoms with E-state index in [9.17, 15) is 8.42 Å². The Labute approximate surface area is 156 Å². The summed E-state index contributed by atoms with van der Waals surface area (Å²) in [4.78, 5) is 0. The Morgan fingerprint density at radius 3 is 2.04 bits per heavy atom. The Morgan fingerprint density at radius 2 is 1.56 bits per heavy atom. The first kappa shape index (κ1) is 22.6. The number of benzene rings is 1. The fourth-order valence-corrected chi connectivity index (χ4v) is 10.8. The Balaban J connectivity index is 2.78. The summed E-state index contributed by atoms with van der Waals surface area (Å²) in [7, 11) is -5.63. The SMILES string of the molecule is CCCC[PH](CCCC)(CCC(C)Cc1ccccc1)OS(C)(=O)=O. The maximum absolute atomic E-state index is 11.9. The molecule has 0 aliphatic rings. The van der Waals surface area contributed by atoms with Gasteiger partial charge in [0.05, 0.1) is 0 Å². The van der Waals surface area contributed by atoms with Crippen molar-refractivity contribution in [2.45, 2.75) is 59.3 Å². The van der Waals surface area contributed by atoms with Crippen LogP contribution in [0.5, 0.6) is 0 Å². The third-order valence-electron chi connectivity index (χ3n) is 4.82. The molecule has 1 aromatic rings. The van der Waals surface area contributed by atoms with Gasteiger partial charge in [-0.1, -0.05) is 0 Å². The van der Waals surface area contributed by atoms with E-state index in [0.29, 0.717) is 5.92 Å². The second-order valence-electron chi connectivity index (χ2n) is 7.51.